The van der Waals surface area contributed by atoms with E-state index in [1.165, 1.54) is 0 Å². The van der Waals surface area contributed by atoms with Crippen molar-refractivity contribution in [3.05, 3.63) is 36.7 Å². The van der Waals surface area contributed by atoms with E-state index in [1.54, 1.807) is 10.9 Å². The van der Waals surface area contributed by atoms with E-state index in [1.807, 2.05) is 55.0 Å². The first-order chi connectivity index (χ1) is 11.0. The summed E-state index contributed by atoms with van der Waals surface area (Å²) in [6, 6.07) is 1.85. The van der Waals surface area contributed by atoms with Crippen molar-refractivity contribution < 1.29 is 4.79 Å². The molecule has 124 valence electrons. The minimum atomic E-state index is -0.647. The predicted molar refractivity (Wildman–Crippen MR) is 86.6 cm³/mol. The molecule has 0 bridgehead atoms. The topological polar surface area (TPSA) is 59.2 Å². The predicted octanol–water partition coefficient (Wildman–Crippen LogP) is 0.696. The molecule has 0 radical (unpaired) electrons. The third kappa shape index (κ3) is 3.14. The highest BCUT2D eigenvalue weighted by Crippen LogP contribution is 2.19. The van der Waals surface area contributed by atoms with Crippen LogP contribution in [0.15, 0.2) is 30.9 Å². The first-order valence-electron chi connectivity index (χ1n) is 7.96. The Morgan fingerprint density at radius 3 is 2.48 bits per heavy atom. The van der Waals surface area contributed by atoms with E-state index in [-0.39, 0.29) is 5.91 Å². The van der Waals surface area contributed by atoms with Gasteiger partial charge in [0.1, 0.15) is 11.4 Å². The lowest BCUT2D eigenvalue weighted by Crippen LogP contribution is -2.54. The van der Waals surface area contributed by atoms with Crippen molar-refractivity contribution in [1.82, 2.24) is 29.1 Å². The van der Waals surface area contributed by atoms with Gasteiger partial charge >= 0.3 is 0 Å². The van der Waals surface area contributed by atoms with E-state index >= 15 is 0 Å². The maximum Gasteiger partial charge on any atom is 0.250 e. The lowest BCUT2D eigenvalue weighted by molar-refractivity contribution is -0.141. The lowest BCUT2D eigenvalue weighted by atomic mass is 10.0. The molecule has 1 amide bonds. The second kappa shape index (κ2) is 6.16. The van der Waals surface area contributed by atoms with Crippen molar-refractivity contribution >= 4 is 5.91 Å². The standard InChI is InChI=1S/C16H24N6O/c1-16(2,22-7-4-5-18-22)15(23)21-11-9-20(10-12-21)13-14-17-6-8-19(14)3/h4-8H,9-13H2,1-3H3. The highest BCUT2D eigenvalue weighted by Gasteiger charge is 2.35. The van der Waals surface area contributed by atoms with Gasteiger partial charge in [0.25, 0.3) is 0 Å². The zero-order valence-electron chi connectivity index (χ0n) is 14.0. The number of aromatic nitrogens is 4. The molecule has 0 saturated carbocycles. The molecule has 0 N–H and O–H groups in total. The normalized spacial score (nSPS) is 16.7. The second-order valence-electron chi connectivity index (χ2n) is 6.53. The second-order valence-corrected chi connectivity index (χ2v) is 6.53. The minimum absolute atomic E-state index is 0.123. The molecule has 2 aromatic rings. The summed E-state index contributed by atoms with van der Waals surface area (Å²) in [6.45, 7) is 7.89. The quantitative estimate of drug-likeness (QED) is 0.833. The van der Waals surface area contributed by atoms with E-state index in [0.29, 0.717) is 0 Å². The Bertz CT molecular complexity index is 652. The van der Waals surface area contributed by atoms with Crippen LogP contribution < -0.4 is 0 Å². The summed E-state index contributed by atoms with van der Waals surface area (Å²) in [7, 11) is 2.01. The number of hydrogen-bond donors (Lipinski definition) is 0. The maximum atomic E-state index is 12.8. The third-order valence-electron chi connectivity index (χ3n) is 4.55. The first-order valence-corrected chi connectivity index (χ1v) is 7.96. The lowest BCUT2D eigenvalue weighted by Gasteiger charge is -2.38. The van der Waals surface area contributed by atoms with Crippen LogP contribution in [0.2, 0.25) is 0 Å². The fourth-order valence-corrected chi connectivity index (χ4v) is 2.94. The van der Waals surface area contributed by atoms with Crippen molar-refractivity contribution in [3.8, 4) is 0 Å². The van der Waals surface area contributed by atoms with Crippen molar-refractivity contribution in [3.63, 3.8) is 0 Å². The van der Waals surface area contributed by atoms with Gasteiger partial charge in [0.15, 0.2) is 0 Å². The monoisotopic (exact) mass is 316 g/mol. The molecular weight excluding hydrogens is 292 g/mol. The Morgan fingerprint density at radius 1 is 1.17 bits per heavy atom. The number of piperazine rings is 1. The van der Waals surface area contributed by atoms with Gasteiger partial charge in [-0.15, -0.1) is 0 Å². The molecule has 7 nitrogen and oxygen atoms in total. The zero-order valence-corrected chi connectivity index (χ0v) is 14.0. The Hall–Kier alpha value is -2.15. The molecule has 1 aliphatic heterocycles. The average Bonchev–Trinajstić information content (AvgIpc) is 3.20. The van der Waals surface area contributed by atoms with E-state index in [9.17, 15) is 4.79 Å². The molecule has 23 heavy (non-hydrogen) atoms. The van der Waals surface area contributed by atoms with Crippen LogP contribution in [0.25, 0.3) is 0 Å². The van der Waals surface area contributed by atoms with Crippen molar-refractivity contribution in [2.75, 3.05) is 26.2 Å². The Labute approximate surface area is 136 Å². The van der Waals surface area contributed by atoms with Gasteiger partial charge in [0, 0.05) is 58.0 Å². The Balaban J connectivity index is 1.58. The molecule has 0 aliphatic carbocycles. The molecule has 0 unspecified atom stereocenters. The number of carbonyl (C=O) groups is 1. The van der Waals surface area contributed by atoms with Crippen LogP contribution in [-0.4, -0.2) is 61.2 Å². The van der Waals surface area contributed by atoms with Gasteiger partial charge in [-0.2, -0.15) is 5.10 Å². The summed E-state index contributed by atoms with van der Waals surface area (Å²) in [5, 5.41) is 4.23. The molecule has 0 aromatic carbocycles. The Kier molecular flexibility index (Phi) is 4.21. The highest BCUT2D eigenvalue weighted by molar-refractivity contribution is 5.83. The maximum absolute atomic E-state index is 12.8. The van der Waals surface area contributed by atoms with Crippen LogP contribution in [0.4, 0.5) is 0 Å². The number of nitrogens with zero attached hydrogens (tertiary/aromatic N) is 6. The van der Waals surface area contributed by atoms with E-state index in [0.717, 1.165) is 38.5 Å². The number of rotatable bonds is 4. The van der Waals surface area contributed by atoms with Crippen LogP contribution >= 0.6 is 0 Å². The molecule has 1 fully saturated rings. The summed E-state index contributed by atoms with van der Waals surface area (Å²) in [5.74, 6) is 1.18. The Morgan fingerprint density at radius 2 is 1.91 bits per heavy atom. The SMILES string of the molecule is Cn1ccnc1CN1CCN(C(=O)C(C)(C)n2cccn2)CC1. The van der Waals surface area contributed by atoms with Gasteiger partial charge in [0.2, 0.25) is 5.91 Å². The van der Waals surface area contributed by atoms with Crippen LogP contribution in [0.1, 0.15) is 19.7 Å². The molecule has 1 saturated heterocycles. The van der Waals surface area contributed by atoms with Crippen LogP contribution in [-0.2, 0) is 23.9 Å². The summed E-state index contributed by atoms with van der Waals surface area (Å²) >= 11 is 0. The fourth-order valence-electron chi connectivity index (χ4n) is 2.94. The first kappa shape index (κ1) is 15.7. The number of imidazole rings is 1. The summed E-state index contributed by atoms with van der Waals surface area (Å²) in [5.41, 5.74) is -0.647. The van der Waals surface area contributed by atoms with Gasteiger partial charge in [-0.1, -0.05) is 0 Å². The van der Waals surface area contributed by atoms with E-state index < -0.39 is 5.54 Å². The molecule has 3 rings (SSSR count). The van der Waals surface area contributed by atoms with Crippen molar-refractivity contribution in [1.29, 1.82) is 0 Å². The largest absolute Gasteiger partial charge is 0.338 e. The minimum Gasteiger partial charge on any atom is -0.338 e. The average molecular weight is 316 g/mol. The fraction of sp³-hybridized carbons (Fsp3) is 0.562. The smallest absolute Gasteiger partial charge is 0.250 e. The summed E-state index contributed by atoms with van der Waals surface area (Å²) in [6.07, 6.45) is 7.33. The number of aryl methyl sites for hydroxylation is 1. The van der Waals surface area contributed by atoms with Crippen molar-refractivity contribution in [2.24, 2.45) is 7.05 Å². The van der Waals surface area contributed by atoms with Crippen LogP contribution in [0.3, 0.4) is 0 Å². The van der Waals surface area contributed by atoms with Gasteiger partial charge in [0.05, 0.1) is 6.54 Å². The van der Waals surface area contributed by atoms with Gasteiger partial charge in [-0.3, -0.25) is 14.4 Å². The van der Waals surface area contributed by atoms with E-state index in [4.69, 9.17) is 0 Å². The number of hydrogen-bond acceptors (Lipinski definition) is 4. The molecule has 0 spiro atoms. The molecule has 3 heterocycles. The van der Waals surface area contributed by atoms with Gasteiger partial charge in [-0.25, -0.2) is 4.98 Å². The van der Waals surface area contributed by atoms with Crippen molar-refractivity contribution in [2.45, 2.75) is 25.9 Å². The highest BCUT2D eigenvalue weighted by atomic mass is 16.2. The number of amides is 1. The molecule has 0 atom stereocenters. The summed E-state index contributed by atoms with van der Waals surface area (Å²) in [4.78, 5) is 21.5. The van der Waals surface area contributed by atoms with Gasteiger partial charge in [-0.05, 0) is 19.9 Å². The van der Waals surface area contributed by atoms with Gasteiger partial charge < -0.3 is 9.47 Å². The zero-order chi connectivity index (χ0) is 16.4. The van der Waals surface area contributed by atoms with Crippen LogP contribution in [0, 0.1) is 0 Å². The molecular formula is C16H24N6O. The third-order valence-corrected chi connectivity index (χ3v) is 4.55. The molecule has 1 aliphatic rings. The molecule has 2 aromatic heterocycles. The number of carbonyl (C=O) groups excluding carboxylic acids is 1. The van der Waals surface area contributed by atoms with E-state index in [2.05, 4.69) is 15.0 Å². The van der Waals surface area contributed by atoms with Crippen LogP contribution in [0.5, 0.6) is 0 Å². The molecule has 7 heteroatoms. The summed E-state index contributed by atoms with van der Waals surface area (Å²) < 4.78 is 3.77.